The second kappa shape index (κ2) is 8.98. The average molecular weight is 360 g/mol. The van der Waals surface area contributed by atoms with E-state index in [-0.39, 0.29) is 11.1 Å². The number of nitrogens with one attached hydrogen (secondary N) is 2. The van der Waals surface area contributed by atoms with Crippen molar-refractivity contribution < 1.29 is 14.3 Å². The number of rotatable bonds is 6. The minimum absolute atomic E-state index is 0.277. The monoisotopic (exact) mass is 359 g/mol. The Kier molecular flexibility index (Phi) is 7.64. The molecule has 0 aliphatic heterocycles. The van der Waals surface area contributed by atoms with Crippen molar-refractivity contribution in [1.82, 2.24) is 15.6 Å². The molecule has 23 heavy (non-hydrogen) atoms. The molecule has 6 nitrogen and oxygen atoms in total. The van der Waals surface area contributed by atoms with Crippen molar-refractivity contribution in [2.75, 3.05) is 19.3 Å². The SMILES string of the molecule is CSc1ccc(Cl)nc1C(=O)NCCCNC(=O)OC(C)(C)C. The Hall–Kier alpha value is -1.47. The molecule has 0 spiro atoms. The number of amides is 2. The number of ether oxygens (including phenoxy) is 1. The van der Waals surface area contributed by atoms with Crippen LogP contribution in [0.2, 0.25) is 5.15 Å². The van der Waals surface area contributed by atoms with Gasteiger partial charge in [-0.05, 0) is 45.6 Å². The van der Waals surface area contributed by atoms with Gasteiger partial charge in [-0.1, -0.05) is 11.6 Å². The average Bonchev–Trinajstić information content (AvgIpc) is 2.44. The Bertz CT molecular complexity index is 561. The number of hydrogen-bond donors (Lipinski definition) is 2. The Balaban J connectivity index is 2.35. The van der Waals surface area contributed by atoms with Crippen molar-refractivity contribution >= 4 is 35.4 Å². The number of nitrogens with zero attached hydrogens (tertiary/aromatic N) is 1. The highest BCUT2D eigenvalue weighted by Gasteiger charge is 2.16. The first kappa shape index (κ1) is 19.6. The van der Waals surface area contributed by atoms with Crippen LogP contribution >= 0.6 is 23.4 Å². The first-order valence-electron chi connectivity index (χ1n) is 7.18. The lowest BCUT2D eigenvalue weighted by molar-refractivity contribution is 0.0527. The number of aromatic nitrogens is 1. The van der Waals surface area contributed by atoms with Crippen molar-refractivity contribution in [3.8, 4) is 0 Å². The van der Waals surface area contributed by atoms with Crippen LogP contribution in [-0.4, -0.2) is 41.9 Å². The minimum atomic E-state index is -0.523. The van der Waals surface area contributed by atoms with Crippen LogP contribution in [-0.2, 0) is 4.74 Å². The summed E-state index contributed by atoms with van der Waals surface area (Å²) in [5.74, 6) is -0.283. The normalized spacial score (nSPS) is 11.0. The van der Waals surface area contributed by atoms with Gasteiger partial charge >= 0.3 is 6.09 Å². The molecule has 0 bridgehead atoms. The summed E-state index contributed by atoms with van der Waals surface area (Å²) in [6.45, 7) is 6.22. The van der Waals surface area contributed by atoms with Gasteiger partial charge in [0.25, 0.3) is 5.91 Å². The van der Waals surface area contributed by atoms with Crippen molar-refractivity contribution in [2.24, 2.45) is 0 Å². The number of carbonyl (C=O) groups excluding carboxylic acids is 2. The summed E-state index contributed by atoms with van der Waals surface area (Å²) in [7, 11) is 0. The fraction of sp³-hybridized carbons (Fsp3) is 0.533. The summed E-state index contributed by atoms with van der Waals surface area (Å²) >= 11 is 7.26. The van der Waals surface area contributed by atoms with Gasteiger partial charge in [0.2, 0.25) is 0 Å². The molecule has 0 radical (unpaired) electrons. The van der Waals surface area contributed by atoms with E-state index in [1.54, 1.807) is 32.9 Å². The van der Waals surface area contributed by atoms with Crippen LogP contribution in [0.25, 0.3) is 0 Å². The van der Waals surface area contributed by atoms with Crippen LogP contribution in [0.4, 0.5) is 4.79 Å². The van der Waals surface area contributed by atoms with E-state index in [2.05, 4.69) is 15.6 Å². The zero-order chi connectivity index (χ0) is 17.5. The highest BCUT2D eigenvalue weighted by atomic mass is 35.5. The van der Waals surface area contributed by atoms with Crippen molar-refractivity contribution in [2.45, 2.75) is 37.7 Å². The molecule has 0 saturated heterocycles. The van der Waals surface area contributed by atoms with Crippen LogP contribution in [0.15, 0.2) is 17.0 Å². The first-order valence-corrected chi connectivity index (χ1v) is 8.79. The fourth-order valence-corrected chi connectivity index (χ4v) is 2.31. The van der Waals surface area contributed by atoms with Gasteiger partial charge in [0, 0.05) is 18.0 Å². The molecule has 1 aromatic heterocycles. The van der Waals surface area contributed by atoms with E-state index in [1.807, 2.05) is 6.26 Å². The second-order valence-electron chi connectivity index (χ2n) is 5.72. The summed E-state index contributed by atoms with van der Waals surface area (Å²) in [5, 5.41) is 5.67. The maximum absolute atomic E-state index is 12.1. The largest absolute Gasteiger partial charge is 0.444 e. The van der Waals surface area contributed by atoms with E-state index >= 15 is 0 Å². The van der Waals surface area contributed by atoms with E-state index in [0.29, 0.717) is 25.2 Å². The number of alkyl carbamates (subject to hydrolysis) is 1. The Morgan fingerprint density at radius 2 is 1.91 bits per heavy atom. The molecule has 2 amide bonds. The van der Waals surface area contributed by atoms with E-state index in [9.17, 15) is 9.59 Å². The van der Waals surface area contributed by atoms with E-state index < -0.39 is 11.7 Å². The minimum Gasteiger partial charge on any atom is -0.444 e. The van der Waals surface area contributed by atoms with Crippen LogP contribution in [0.3, 0.4) is 0 Å². The molecular weight excluding hydrogens is 338 g/mol. The maximum Gasteiger partial charge on any atom is 0.407 e. The van der Waals surface area contributed by atoms with Crippen molar-refractivity contribution in [1.29, 1.82) is 0 Å². The molecule has 0 saturated carbocycles. The molecule has 1 aromatic rings. The van der Waals surface area contributed by atoms with Gasteiger partial charge in [-0.2, -0.15) is 0 Å². The van der Waals surface area contributed by atoms with Gasteiger partial charge in [0.1, 0.15) is 16.4 Å². The highest BCUT2D eigenvalue weighted by molar-refractivity contribution is 7.98. The third kappa shape index (κ3) is 7.56. The number of thioether (sulfide) groups is 1. The summed E-state index contributed by atoms with van der Waals surface area (Å²) in [6, 6.07) is 3.41. The van der Waals surface area contributed by atoms with Crippen LogP contribution in [0.5, 0.6) is 0 Å². The smallest absolute Gasteiger partial charge is 0.407 e. The lowest BCUT2D eigenvalue weighted by Gasteiger charge is -2.19. The van der Waals surface area contributed by atoms with E-state index in [1.165, 1.54) is 11.8 Å². The molecule has 128 valence electrons. The lowest BCUT2D eigenvalue weighted by atomic mass is 10.2. The molecule has 2 N–H and O–H groups in total. The third-order valence-corrected chi connectivity index (χ3v) is 3.55. The third-order valence-electron chi connectivity index (χ3n) is 2.57. The molecule has 0 aliphatic carbocycles. The predicted molar refractivity (Wildman–Crippen MR) is 92.2 cm³/mol. The Morgan fingerprint density at radius 3 is 2.52 bits per heavy atom. The molecule has 0 aliphatic rings. The highest BCUT2D eigenvalue weighted by Crippen LogP contribution is 2.20. The molecular formula is C15H22ClN3O3S. The fourth-order valence-electron chi connectivity index (χ4n) is 1.63. The van der Waals surface area contributed by atoms with Gasteiger partial charge in [0.05, 0.1) is 0 Å². The molecule has 0 aromatic carbocycles. The second-order valence-corrected chi connectivity index (χ2v) is 6.96. The topological polar surface area (TPSA) is 80.3 Å². The van der Waals surface area contributed by atoms with Crippen LogP contribution < -0.4 is 10.6 Å². The van der Waals surface area contributed by atoms with Gasteiger partial charge in [0.15, 0.2) is 0 Å². The molecule has 0 fully saturated rings. The molecule has 8 heteroatoms. The van der Waals surface area contributed by atoms with Crippen molar-refractivity contribution in [3.63, 3.8) is 0 Å². The summed E-state index contributed by atoms with van der Waals surface area (Å²) in [6.07, 6.45) is 1.98. The quantitative estimate of drug-likeness (QED) is 0.463. The van der Waals surface area contributed by atoms with Crippen LogP contribution in [0, 0.1) is 0 Å². The Labute approximate surface area is 145 Å². The van der Waals surface area contributed by atoms with Gasteiger partial charge in [-0.3, -0.25) is 4.79 Å². The summed E-state index contributed by atoms with van der Waals surface area (Å²) in [4.78, 5) is 28.4. The van der Waals surface area contributed by atoms with E-state index in [4.69, 9.17) is 16.3 Å². The van der Waals surface area contributed by atoms with E-state index in [0.717, 1.165) is 4.90 Å². The predicted octanol–water partition coefficient (Wildman–Crippen LogP) is 3.10. The molecule has 0 unspecified atom stereocenters. The van der Waals surface area contributed by atoms with Crippen molar-refractivity contribution in [3.05, 3.63) is 23.0 Å². The van der Waals surface area contributed by atoms with Gasteiger partial charge in [-0.25, -0.2) is 9.78 Å². The number of halogens is 1. The number of hydrogen-bond acceptors (Lipinski definition) is 5. The summed E-state index contributed by atoms with van der Waals surface area (Å²) in [5.41, 5.74) is -0.213. The zero-order valence-electron chi connectivity index (χ0n) is 13.7. The molecule has 1 rings (SSSR count). The zero-order valence-corrected chi connectivity index (χ0v) is 15.3. The van der Waals surface area contributed by atoms with Gasteiger partial charge in [-0.15, -0.1) is 11.8 Å². The lowest BCUT2D eigenvalue weighted by Crippen LogP contribution is -2.34. The molecule has 0 atom stereocenters. The van der Waals surface area contributed by atoms with Gasteiger partial charge < -0.3 is 15.4 Å². The number of pyridine rings is 1. The number of carbonyl (C=O) groups is 2. The Morgan fingerprint density at radius 1 is 1.26 bits per heavy atom. The maximum atomic E-state index is 12.1. The van der Waals surface area contributed by atoms with Crippen LogP contribution in [0.1, 0.15) is 37.7 Å². The standard InChI is InChI=1S/C15H22ClN3O3S/c1-15(2,3)22-14(21)18-9-5-8-17-13(20)12-10(23-4)6-7-11(16)19-12/h6-7H,5,8-9H2,1-4H3,(H,17,20)(H,18,21). The molecule has 1 heterocycles. The first-order chi connectivity index (χ1) is 10.7. The summed E-state index contributed by atoms with van der Waals surface area (Å²) < 4.78 is 5.11.